The number of nitrogens with one attached hydrogen (secondary N) is 1. The van der Waals surface area contributed by atoms with Gasteiger partial charge in [-0.15, -0.1) is 10.2 Å². The van der Waals surface area contributed by atoms with E-state index in [2.05, 4.69) is 15.5 Å². The highest BCUT2D eigenvalue weighted by atomic mass is 16.5. The lowest BCUT2D eigenvalue weighted by Crippen LogP contribution is -2.34. The number of nitrogens with zero attached hydrogens (tertiary/aromatic N) is 3. The first kappa shape index (κ1) is 18.6. The van der Waals surface area contributed by atoms with E-state index in [-0.39, 0.29) is 12.1 Å². The molecule has 1 unspecified atom stereocenters. The summed E-state index contributed by atoms with van der Waals surface area (Å²) in [6.07, 6.45) is 0.557. The SMILES string of the molecule is COc1ccc(OC2CCN(C(=O)Nc3cccc(OC)c3OC)C2)nn1. The fraction of sp³-hybridized carbons (Fsp3) is 0.389. The average molecular weight is 374 g/mol. The number of methoxy groups -OCH3 is 3. The number of rotatable bonds is 6. The van der Waals surface area contributed by atoms with Gasteiger partial charge in [-0.2, -0.15) is 0 Å². The summed E-state index contributed by atoms with van der Waals surface area (Å²) in [5.41, 5.74) is 0.548. The minimum atomic E-state index is -0.228. The Morgan fingerprint density at radius 3 is 2.52 bits per heavy atom. The number of carbonyl (C=O) groups is 1. The van der Waals surface area contributed by atoms with Gasteiger partial charge in [-0.05, 0) is 12.1 Å². The molecule has 1 atom stereocenters. The van der Waals surface area contributed by atoms with Gasteiger partial charge >= 0.3 is 6.03 Å². The van der Waals surface area contributed by atoms with Gasteiger partial charge in [0.1, 0.15) is 6.10 Å². The maximum absolute atomic E-state index is 12.6. The van der Waals surface area contributed by atoms with Gasteiger partial charge in [0, 0.05) is 25.1 Å². The third-order valence-corrected chi connectivity index (χ3v) is 4.19. The number of amides is 2. The molecule has 3 rings (SSSR count). The highest BCUT2D eigenvalue weighted by Gasteiger charge is 2.28. The normalized spacial score (nSPS) is 16.0. The molecule has 9 heteroatoms. The zero-order valence-electron chi connectivity index (χ0n) is 15.5. The Morgan fingerprint density at radius 2 is 1.85 bits per heavy atom. The van der Waals surface area contributed by atoms with Crippen molar-refractivity contribution in [3.8, 4) is 23.3 Å². The van der Waals surface area contributed by atoms with Crippen LogP contribution in [0.4, 0.5) is 10.5 Å². The largest absolute Gasteiger partial charge is 0.493 e. The molecule has 0 aliphatic carbocycles. The third-order valence-electron chi connectivity index (χ3n) is 4.19. The number of anilines is 1. The Balaban J connectivity index is 1.59. The van der Waals surface area contributed by atoms with Gasteiger partial charge in [0.15, 0.2) is 11.5 Å². The molecule has 1 saturated heterocycles. The Bertz CT molecular complexity index is 784. The Hall–Kier alpha value is -3.23. The lowest BCUT2D eigenvalue weighted by molar-refractivity contribution is 0.188. The summed E-state index contributed by atoms with van der Waals surface area (Å²) >= 11 is 0. The van der Waals surface area contributed by atoms with Crippen LogP contribution in [0, 0.1) is 0 Å². The van der Waals surface area contributed by atoms with Crippen LogP contribution in [0.3, 0.4) is 0 Å². The molecule has 2 heterocycles. The van der Waals surface area contributed by atoms with Crippen LogP contribution in [-0.4, -0.2) is 61.7 Å². The molecule has 1 aromatic heterocycles. The van der Waals surface area contributed by atoms with Gasteiger partial charge < -0.3 is 29.2 Å². The van der Waals surface area contributed by atoms with Crippen LogP contribution in [-0.2, 0) is 0 Å². The van der Waals surface area contributed by atoms with Crippen LogP contribution in [0.15, 0.2) is 30.3 Å². The second-order valence-corrected chi connectivity index (χ2v) is 5.86. The van der Waals surface area contributed by atoms with Crippen molar-refractivity contribution in [2.75, 3.05) is 39.7 Å². The minimum Gasteiger partial charge on any atom is -0.493 e. The van der Waals surface area contributed by atoms with Crippen molar-refractivity contribution in [1.29, 1.82) is 0 Å². The first-order valence-electron chi connectivity index (χ1n) is 8.46. The number of hydrogen-bond acceptors (Lipinski definition) is 7. The molecule has 1 aliphatic rings. The summed E-state index contributed by atoms with van der Waals surface area (Å²) < 4.78 is 21.4. The van der Waals surface area contributed by atoms with Crippen LogP contribution >= 0.6 is 0 Å². The number of hydrogen-bond donors (Lipinski definition) is 1. The molecule has 27 heavy (non-hydrogen) atoms. The Kier molecular flexibility index (Phi) is 5.80. The summed E-state index contributed by atoms with van der Waals surface area (Å²) in [6.45, 7) is 1.03. The Morgan fingerprint density at radius 1 is 1.07 bits per heavy atom. The molecule has 2 aromatic rings. The highest BCUT2D eigenvalue weighted by Crippen LogP contribution is 2.35. The minimum absolute atomic E-state index is 0.148. The molecule has 0 radical (unpaired) electrons. The number of ether oxygens (including phenoxy) is 4. The van der Waals surface area contributed by atoms with E-state index in [9.17, 15) is 4.79 Å². The van der Waals surface area contributed by atoms with E-state index in [1.165, 1.54) is 14.2 Å². The van der Waals surface area contributed by atoms with Gasteiger partial charge in [0.05, 0.1) is 33.6 Å². The maximum atomic E-state index is 12.6. The number of urea groups is 1. The zero-order valence-corrected chi connectivity index (χ0v) is 15.5. The van der Waals surface area contributed by atoms with Crippen LogP contribution in [0.2, 0.25) is 0 Å². The number of aromatic nitrogens is 2. The lowest BCUT2D eigenvalue weighted by Gasteiger charge is -2.19. The fourth-order valence-corrected chi connectivity index (χ4v) is 2.84. The first-order valence-corrected chi connectivity index (χ1v) is 8.46. The van der Waals surface area contributed by atoms with Crippen molar-refractivity contribution in [3.63, 3.8) is 0 Å². The van der Waals surface area contributed by atoms with E-state index in [4.69, 9.17) is 18.9 Å². The summed E-state index contributed by atoms with van der Waals surface area (Å²) in [6, 6.07) is 8.45. The summed E-state index contributed by atoms with van der Waals surface area (Å²) in [5.74, 6) is 1.85. The number of benzene rings is 1. The molecule has 1 aromatic carbocycles. The smallest absolute Gasteiger partial charge is 0.322 e. The monoisotopic (exact) mass is 374 g/mol. The Labute approximate surface area is 157 Å². The zero-order chi connectivity index (χ0) is 19.2. The van der Waals surface area contributed by atoms with Crippen molar-refractivity contribution in [2.24, 2.45) is 0 Å². The van der Waals surface area contributed by atoms with Gasteiger partial charge in [-0.3, -0.25) is 0 Å². The van der Waals surface area contributed by atoms with Crippen molar-refractivity contribution in [2.45, 2.75) is 12.5 Å². The van der Waals surface area contributed by atoms with E-state index in [1.807, 2.05) is 0 Å². The topological polar surface area (TPSA) is 95.0 Å². The van der Waals surface area contributed by atoms with Crippen molar-refractivity contribution in [1.82, 2.24) is 15.1 Å². The number of likely N-dealkylation sites (tertiary alicyclic amines) is 1. The molecule has 1 aliphatic heterocycles. The van der Waals surface area contributed by atoms with Gasteiger partial charge in [0.2, 0.25) is 11.8 Å². The predicted octanol–water partition coefficient (Wildman–Crippen LogP) is 2.19. The van der Waals surface area contributed by atoms with E-state index >= 15 is 0 Å². The second kappa shape index (κ2) is 8.43. The van der Waals surface area contributed by atoms with Crippen LogP contribution in [0.5, 0.6) is 23.3 Å². The van der Waals surface area contributed by atoms with Crippen molar-refractivity contribution >= 4 is 11.7 Å². The third kappa shape index (κ3) is 4.30. The molecular weight excluding hydrogens is 352 g/mol. The molecule has 0 bridgehead atoms. The summed E-state index contributed by atoms with van der Waals surface area (Å²) in [4.78, 5) is 14.3. The molecule has 0 spiro atoms. The van der Waals surface area contributed by atoms with Crippen molar-refractivity contribution in [3.05, 3.63) is 30.3 Å². The second-order valence-electron chi connectivity index (χ2n) is 5.86. The molecular formula is C18H22N4O5. The van der Waals surface area contributed by atoms with E-state index < -0.39 is 0 Å². The van der Waals surface area contributed by atoms with E-state index in [1.54, 1.807) is 42.3 Å². The number of carbonyl (C=O) groups excluding carboxylic acids is 1. The standard InChI is InChI=1S/C18H22N4O5/c1-24-14-6-4-5-13(17(14)26-3)19-18(23)22-10-9-12(11-22)27-16-8-7-15(25-2)20-21-16/h4-8,12H,9-11H2,1-3H3,(H,19,23). The quantitative estimate of drug-likeness (QED) is 0.828. The van der Waals surface area contributed by atoms with Crippen molar-refractivity contribution < 1.29 is 23.7 Å². The summed E-state index contributed by atoms with van der Waals surface area (Å²) in [7, 11) is 4.60. The maximum Gasteiger partial charge on any atom is 0.322 e. The molecule has 144 valence electrons. The van der Waals surface area contributed by atoms with Crippen LogP contribution < -0.4 is 24.3 Å². The van der Waals surface area contributed by atoms with Gasteiger partial charge in [-0.25, -0.2) is 4.79 Å². The molecule has 0 saturated carbocycles. The van der Waals surface area contributed by atoms with Crippen LogP contribution in [0.1, 0.15) is 6.42 Å². The molecule has 1 fully saturated rings. The molecule has 2 amide bonds. The lowest BCUT2D eigenvalue weighted by atomic mass is 10.2. The fourth-order valence-electron chi connectivity index (χ4n) is 2.84. The predicted molar refractivity (Wildman–Crippen MR) is 97.8 cm³/mol. The number of para-hydroxylation sites is 1. The molecule has 9 nitrogen and oxygen atoms in total. The van der Waals surface area contributed by atoms with E-state index in [0.29, 0.717) is 48.5 Å². The first-order chi connectivity index (χ1) is 13.1. The van der Waals surface area contributed by atoms with Gasteiger partial charge in [-0.1, -0.05) is 6.07 Å². The molecule has 1 N–H and O–H groups in total. The van der Waals surface area contributed by atoms with Gasteiger partial charge in [0.25, 0.3) is 0 Å². The summed E-state index contributed by atoms with van der Waals surface area (Å²) in [5, 5.41) is 10.7. The average Bonchev–Trinajstić information content (AvgIpc) is 3.17. The van der Waals surface area contributed by atoms with E-state index in [0.717, 1.165) is 0 Å². The van der Waals surface area contributed by atoms with Crippen LogP contribution in [0.25, 0.3) is 0 Å². The highest BCUT2D eigenvalue weighted by molar-refractivity contribution is 5.91.